The molecule has 1 amide bonds. The molecule has 1 heterocycles. The number of carbonyl (C=O) groups excluding carboxylic acids is 2. The highest BCUT2D eigenvalue weighted by molar-refractivity contribution is 5.94. The summed E-state index contributed by atoms with van der Waals surface area (Å²) in [5.41, 5.74) is 0.605. The molecule has 0 aliphatic rings. The van der Waals surface area contributed by atoms with Crippen LogP contribution in [-0.4, -0.2) is 28.5 Å². The normalized spacial score (nSPS) is 10.0. The van der Waals surface area contributed by atoms with E-state index in [0.717, 1.165) is 5.75 Å². The molecule has 3 rings (SSSR count). The Balaban J connectivity index is 1.49. The Hall–Kier alpha value is -3.74. The van der Waals surface area contributed by atoms with Crippen molar-refractivity contribution >= 4 is 17.6 Å². The Labute approximate surface area is 149 Å². The van der Waals surface area contributed by atoms with Crippen molar-refractivity contribution in [3.05, 3.63) is 78.9 Å². The van der Waals surface area contributed by atoms with E-state index in [2.05, 4.69) is 15.3 Å². The minimum Gasteiger partial charge on any atom is -0.457 e. The first-order valence-corrected chi connectivity index (χ1v) is 7.77. The molecule has 3 aromatic rings. The molecule has 1 aromatic heterocycles. The van der Waals surface area contributed by atoms with Gasteiger partial charge in [-0.25, -0.2) is 9.78 Å². The van der Waals surface area contributed by atoms with Crippen molar-refractivity contribution in [1.82, 2.24) is 9.97 Å². The first-order valence-electron chi connectivity index (χ1n) is 7.77. The van der Waals surface area contributed by atoms with Gasteiger partial charge in [-0.3, -0.25) is 9.78 Å². The predicted octanol–water partition coefficient (Wildman–Crippen LogP) is 3.06. The van der Waals surface area contributed by atoms with Crippen LogP contribution in [0, 0.1) is 0 Å². The quantitative estimate of drug-likeness (QED) is 0.688. The van der Waals surface area contributed by atoms with E-state index in [0.29, 0.717) is 11.4 Å². The van der Waals surface area contributed by atoms with Gasteiger partial charge in [0.1, 0.15) is 11.5 Å². The zero-order chi connectivity index (χ0) is 18.2. The van der Waals surface area contributed by atoms with E-state index in [9.17, 15) is 9.59 Å². The molecule has 0 saturated heterocycles. The third-order valence-corrected chi connectivity index (χ3v) is 3.22. The molecule has 0 aliphatic carbocycles. The van der Waals surface area contributed by atoms with Crippen molar-refractivity contribution in [2.75, 3.05) is 11.9 Å². The molecule has 0 radical (unpaired) electrons. The molecule has 7 nitrogen and oxygen atoms in total. The van der Waals surface area contributed by atoms with Crippen molar-refractivity contribution in [3.63, 3.8) is 0 Å². The van der Waals surface area contributed by atoms with Crippen molar-refractivity contribution in [2.24, 2.45) is 0 Å². The van der Waals surface area contributed by atoms with Crippen LogP contribution in [0.1, 0.15) is 10.5 Å². The van der Waals surface area contributed by atoms with Gasteiger partial charge in [-0.05, 0) is 36.4 Å². The maximum Gasteiger partial charge on any atom is 0.359 e. The summed E-state index contributed by atoms with van der Waals surface area (Å²) in [5.74, 6) is 0.197. The molecule has 0 atom stereocenters. The lowest BCUT2D eigenvalue weighted by Gasteiger charge is -2.08. The van der Waals surface area contributed by atoms with E-state index < -0.39 is 18.5 Å². The van der Waals surface area contributed by atoms with Crippen LogP contribution in [-0.2, 0) is 9.53 Å². The van der Waals surface area contributed by atoms with Gasteiger partial charge >= 0.3 is 5.97 Å². The van der Waals surface area contributed by atoms with Gasteiger partial charge < -0.3 is 14.8 Å². The SMILES string of the molecule is O=C(COC(=O)c1cnccn1)Nc1ccc(Oc2ccccc2)cc1. The highest BCUT2D eigenvalue weighted by atomic mass is 16.5. The summed E-state index contributed by atoms with van der Waals surface area (Å²) in [6.45, 7) is -0.419. The number of amides is 1. The third-order valence-electron chi connectivity index (χ3n) is 3.22. The predicted molar refractivity (Wildman–Crippen MR) is 93.9 cm³/mol. The second kappa shape index (κ2) is 8.39. The first-order chi connectivity index (χ1) is 12.7. The molecule has 0 aliphatic heterocycles. The summed E-state index contributed by atoms with van der Waals surface area (Å²) < 4.78 is 10.6. The molecular formula is C19H15N3O4. The number of ether oxygens (including phenoxy) is 2. The summed E-state index contributed by atoms with van der Waals surface area (Å²) in [7, 11) is 0. The lowest BCUT2D eigenvalue weighted by molar-refractivity contribution is -0.119. The minimum atomic E-state index is -0.708. The third kappa shape index (κ3) is 4.88. The van der Waals surface area contributed by atoms with Gasteiger partial charge in [-0.2, -0.15) is 0 Å². The van der Waals surface area contributed by atoms with Gasteiger partial charge in [0.2, 0.25) is 0 Å². The number of aromatic nitrogens is 2. The van der Waals surface area contributed by atoms with E-state index in [1.54, 1.807) is 24.3 Å². The largest absolute Gasteiger partial charge is 0.457 e. The molecule has 0 fully saturated rings. The zero-order valence-corrected chi connectivity index (χ0v) is 13.7. The molecule has 0 bridgehead atoms. The van der Waals surface area contributed by atoms with Crippen LogP contribution in [0.5, 0.6) is 11.5 Å². The van der Waals surface area contributed by atoms with Crippen molar-refractivity contribution in [1.29, 1.82) is 0 Å². The standard InChI is InChI=1S/C19H15N3O4/c23-18(13-25-19(24)17-12-20-10-11-21-17)22-14-6-8-16(9-7-14)26-15-4-2-1-3-5-15/h1-12H,13H2,(H,22,23). The maximum absolute atomic E-state index is 11.9. The summed E-state index contributed by atoms with van der Waals surface area (Å²) in [6.07, 6.45) is 4.08. The highest BCUT2D eigenvalue weighted by Gasteiger charge is 2.11. The molecule has 0 saturated carbocycles. The number of nitrogens with zero attached hydrogens (tertiary/aromatic N) is 2. The van der Waals surface area contributed by atoms with E-state index in [1.807, 2.05) is 30.3 Å². The molecule has 130 valence electrons. The van der Waals surface area contributed by atoms with Gasteiger partial charge in [0.05, 0.1) is 6.20 Å². The van der Waals surface area contributed by atoms with Gasteiger partial charge in [0, 0.05) is 18.1 Å². The maximum atomic E-state index is 11.9. The van der Waals surface area contributed by atoms with E-state index in [4.69, 9.17) is 9.47 Å². The molecule has 0 spiro atoms. The number of hydrogen-bond donors (Lipinski definition) is 1. The molecule has 7 heteroatoms. The van der Waals surface area contributed by atoms with Crippen molar-refractivity contribution < 1.29 is 19.1 Å². The highest BCUT2D eigenvalue weighted by Crippen LogP contribution is 2.22. The molecule has 0 unspecified atom stereocenters. The summed E-state index contributed by atoms with van der Waals surface area (Å²) in [5, 5.41) is 2.63. The summed E-state index contributed by atoms with van der Waals surface area (Å²) in [4.78, 5) is 31.1. The number of rotatable bonds is 6. The van der Waals surface area contributed by atoms with Gasteiger partial charge in [0.15, 0.2) is 12.3 Å². The molecular weight excluding hydrogens is 334 g/mol. The van der Waals surface area contributed by atoms with E-state index >= 15 is 0 Å². The Kier molecular flexibility index (Phi) is 5.51. The van der Waals surface area contributed by atoms with Gasteiger partial charge in [-0.15, -0.1) is 0 Å². The van der Waals surface area contributed by atoms with E-state index in [-0.39, 0.29) is 5.69 Å². The Morgan fingerprint density at radius 3 is 2.35 bits per heavy atom. The number of nitrogens with one attached hydrogen (secondary N) is 1. The summed E-state index contributed by atoms with van der Waals surface area (Å²) >= 11 is 0. The monoisotopic (exact) mass is 349 g/mol. The van der Waals surface area contributed by atoms with Gasteiger partial charge in [-0.1, -0.05) is 18.2 Å². The number of anilines is 1. The Morgan fingerprint density at radius 1 is 0.923 bits per heavy atom. The molecule has 2 aromatic carbocycles. The van der Waals surface area contributed by atoms with Crippen LogP contribution in [0.15, 0.2) is 73.2 Å². The first kappa shape index (κ1) is 17.1. The molecule has 26 heavy (non-hydrogen) atoms. The minimum absolute atomic E-state index is 0.0442. The van der Waals surface area contributed by atoms with Crippen LogP contribution in [0.25, 0.3) is 0 Å². The fourth-order valence-corrected chi connectivity index (χ4v) is 2.04. The fourth-order valence-electron chi connectivity index (χ4n) is 2.04. The topological polar surface area (TPSA) is 90.4 Å². The Bertz CT molecular complexity index is 868. The second-order valence-corrected chi connectivity index (χ2v) is 5.15. The lowest BCUT2D eigenvalue weighted by Crippen LogP contribution is -2.21. The summed E-state index contributed by atoms with van der Waals surface area (Å²) in [6, 6.07) is 16.2. The van der Waals surface area contributed by atoms with Crippen LogP contribution in [0.2, 0.25) is 0 Å². The Morgan fingerprint density at radius 2 is 1.65 bits per heavy atom. The zero-order valence-electron chi connectivity index (χ0n) is 13.7. The van der Waals surface area contributed by atoms with Crippen LogP contribution < -0.4 is 10.1 Å². The van der Waals surface area contributed by atoms with E-state index in [1.165, 1.54) is 18.6 Å². The number of para-hydroxylation sites is 1. The number of esters is 1. The smallest absolute Gasteiger partial charge is 0.359 e. The van der Waals surface area contributed by atoms with Gasteiger partial charge in [0.25, 0.3) is 5.91 Å². The van der Waals surface area contributed by atoms with Crippen LogP contribution >= 0.6 is 0 Å². The number of benzene rings is 2. The van der Waals surface area contributed by atoms with Crippen molar-refractivity contribution in [3.8, 4) is 11.5 Å². The average molecular weight is 349 g/mol. The number of carbonyl (C=O) groups is 2. The van der Waals surface area contributed by atoms with Crippen LogP contribution in [0.3, 0.4) is 0 Å². The lowest BCUT2D eigenvalue weighted by atomic mass is 10.3. The van der Waals surface area contributed by atoms with Crippen molar-refractivity contribution in [2.45, 2.75) is 0 Å². The molecule has 1 N–H and O–H groups in total. The van der Waals surface area contributed by atoms with Crippen LogP contribution in [0.4, 0.5) is 5.69 Å². The number of hydrogen-bond acceptors (Lipinski definition) is 6. The second-order valence-electron chi connectivity index (χ2n) is 5.15. The average Bonchev–Trinajstić information content (AvgIpc) is 2.69. The fraction of sp³-hybridized carbons (Fsp3) is 0.0526.